The van der Waals surface area contributed by atoms with Gasteiger partial charge in [0.15, 0.2) is 0 Å². The molecule has 0 bridgehead atoms. The van der Waals surface area contributed by atoms with Gasteiger partial charge in [-0.25, -0.2) is 4.98 Å². The molecule has 0 radical (unpaired) electrons. The molecule has 5 nitrogen and oxygen atoms in total. The number of ether oxygens (including phenoxy) is 1. The first-order chi connectivity index (χ1) is 31.3. The van der Waals surface area contributed by atoms with Gasteiger partial charge in [-0.2, -0.15) is 0 Å². The van der Waals surface area contributed by atoms with E-state index in [4.69, 9.17) is 9.72 Å². The molecular weight excluding hydrogens is 793 g/mol. The van der Waals surface area contributed by atoms with Crippen LogP contribution in [-0.4, -0.2) is 16.2 Å². The van der Waals surface area contributed by atoms with Gasteiger partial charge >= 0.3 is 0 Å². The van der Waals surface area contributed by atoms with Crippen LogP contribution in [0, 0.1) is 0 Å². The standard InChI is InChI=1S/C60H56N4O/c1-58(2,3)46-24-17-25-49(36-46)62-32-33-63(41-62)50-34-43(42-18-11-8-12-19-42)35-52(39-50)65-51-27-29-54-53-28-26-47(59(4,5)44-20-13-9-14-21-44)37-55(53)64(56(54)40-51)57-38-48(30-31-61-57)60(6,7)45-22-15-10-16-23-45/h8-40H,41H2,1-7H3. The van der Waals surface area contributed by atoms with Crippen LogP contribution in [0.5, 0.6) is 11.5 Å². The van der Waals surface area contributed by atoms with Crippen molar-refractivity contribution >= 4 is 33.2 Å². The lowest BCUT2D eigenvalue weighted by Gasteiger charge is -2.27. The van der Waals surface area contributed by atoms with E-state index in [1.165, 1.54) is 38.9 Å². The van der Waals surface area contributed by atoms with E-state index in [-0.39, 0.29) is 16.2 Å². The minimum atomic E-state index is -0.244. The molecule has 65 heavy (non-hydrogen) atoms. The van der Waals surface area contributed by atoms with E-state index in [1.807, 2.05) is 6.20 Å². The summed E-state index contributed by atoms with van der Waals surface area (Å²) in [5.41, 5.74) is 12.4. The Bertz CT molecular complexity index is 3190. The van der Waals surface area contributed by atoms with Crippen LogP contribution in [0.15, 0.2) is 201 Å². The smallest absolute Gasteiger partial charge is 0.137 e. The maximum Gasteiger partial charge on any atom is 0.137 e. The average molecular weight is 849 g/mol. The zero-order chi connectivity index (χ0) is 44.9. The monoisotopic (exact) mass is 848 g/mol. The Morgan fingerprint density at radius 2 is 1.02 bits per heavy atom. The van der Waals surface area contributed by atoms with Crippen molar-refractivity contribution in [3.8, 4) is 28.4 Å². The fourth-order valence-electron chi connectivity index (χ4n) is 9.32. The van der Waals surface area contributed by atoms with Crippen LogP contribution in [0.3, 0.4) is 0 Å². The molecule has 7 aromatic carbocycles. The molecule has 0 spiro atoms. The van der Waals surface area contributed by atoms with Crippen LogP contribution >= 0.6 is 0 Å². The zero-order valence-electron chi connectivity index (χ0n) is 38.5. The van der Waals surface area contributed by atoms with Gasteiger partial charge in [0.1, 0.15) is 17.3 Å². The molecule has 5 heteroatoms. The van der Waals surface area contributed by atoms with Crippen LogP contribution in [-0.2, 0) is 16.2 Å². The Morgan fingerprint density at radius 1 is 0.431 bits per heavy atom. The third-order valence-corrected chi connectivity index (χ3v) is 13.5. The van der Waals surface area contributed by atoms with Gasteiger partial charge < -0.3 is 14.5 Å². The molecule has 10 rings (SSSR count). The molecule has 0 saturated carbocycles. The van der Waals surface area contributed by atoms with Crippen molar-refractivity contribution in [2.45, 2.75) is 64.7 Å². The molecule has 1 aliphatic heterocycles. The summed E-state index contributed by atoms with van der Waals surface area (Å²) in [6.07, 6.45) is 6.28. The van der Waals surface area contributed by atoms with Gasteiger partial charge in [0.05, 0.1) is 17.7 Å². The lowest BCUT2D eigenvalue weighted by molar-refractivity contribution is 0.483. The summed E-state index contributed by atoms with van der Waals surface area (Å²) in [5, 5.41) is 2.31. The second kappa shape index (κ2) is 16.3. The Hall–Kier alpha value is -7.37. The normalized spacial score (nSPS) is 13.3. The topological polar surface area (TPSA) is 33.5 Å². The Labute approximate surface area is 383 Å². The van der Waals surface area contributed by atoms with Crippen LogP contribution in [0.2, 0.25) is 0 Å². The lowest BCUT2D eigenvalue weighted by atomic mass is 9.78. The van der Waals surface area contributed by atoms with Gasteiger partial charge in [0, 0.05) is 63.7 Å². The van der Waals surface area contributed by atoms with Crippen molar-refractivity contribution in [2.75, 3.05) is 16.5 Å². The zero-order valence-corrected chi connectivity index (χ0v) is 38.5. The largest absolute Gasteiger partial charge is 0.457 e. The van der Waals surface area contributed by atoms with E-state index in [1.54, 1.807) is 0 Å². The minimum Gasteiger partial charge on any atom is -0.457 e. The fourth-order valence-corrected chi connectivity index (χ4v) is 9.32. The molecule has 0 aliphatic carbocycles. The molecule has 0 unspecified atom stereocenters. The maximum atomic E-state index is 6.97. The summed E-state index contributed by atoms with van der Waals surface area (Å²) in [5.74, 6) is 2.38. The van der Waals surface area contributed by atoms with E-state index in [0.29, 0.717) is 6.67 Å². The van der Waals surface area contributed by atoms with Crippen molar-refractivity contribution in [3.05, 3.63) is 228 Å². The third-order valence-electron chi connectivity index (χ3n) is 13.5. The highest BCUT2D eigenvalue weighted by molar-refractivity contribution is 6.09. The van der Waals surface area contributed by atoms with Gasteiger partial charge in [-0.3, -0.25) is 4.57 Å². The number of anilines is 2. The molecule has 9 aromatic rings. The molecule has 3 heterocycles. The summed E-state index contributed by atoms with van der Waals surface area (Å²) < 4.78 is 9.30. The predicted molar refractivity (Wildman–Crippen MR) is 272 cm³/mol. The van der Waals surface area contributed by atoms with Crippen LogP contribution in [0.1, 0.15) is 76.3 Å². The fraction of sp³-hybridized carbons (Fsp3) is 0.183. The van der Waals surface area contributed by atoms with E-state index >= 15 is 0 Å². The number of hydrogen-bond acceptors (Lipinski definition) is 4. The number of benzene rings is 7. The Balaban J connectivity index is 1.08. The molecular formula is C60H56N4O. The van der Waals surface area contributed by atoms with Crippen molar-refractivity contribution in [1.82, 2.24) is 9.55 Å². The number of nitrogens with zero attached hydrogens (tertiary/aromatic N) is 4. The van der Waals surface area contributed by atoms with Gasteiger partial charge in [-0.1, -0.05) is 164 Å². The van der Waals surface area contributed by atoms with Gasteiger partial charge in [0.2, 0.25) is 0 Å². The highest BCUT2D eigenvalue weighted by atomic mass is 16.5. The molecule has 0 saturated heterocycles. The van der Waals surface area contributed by atoms with Crippen LogP contribution < -0.4 is 14.5 Å². The Kier molecular flexibility index (Phi) is 10.5. The van der Waals surface area contributed by atoms with Crippen molar-refractivity contribution in [1.29, 1.82) is 0 Å². The van der Waals surface area contributed by atoms with Gasteiger partial charge in [0.25, 0.3) is 0 Å². The summed E-state index contributed by atoms with van der Waals surface area (Å²) in [7, 11) is 0. The maximum absolute atomic E-state index is 6.97. The van der Waals surface area contributed by atoms with E-state index in [2.05, 4.69) is 257 Å². The lowest BCUT2D eigenvalue weighted by Crippen LogP contribution is -2.25. The molecule has 0 N–H and O–H groups in total. The summed E-state index contributed by atoms with van der Waals surface area (Å²) >= 11 is 0. The first kappa shape index (κ1) is 41.6. The molecule has 0 atom stereocenters. The molecule has 0 amide bonds. The molecule has 322 valence electrons. The van der Waals surface area contributed by atoms with Crippen molar-refractivity contribution in [2.24, 2.45) is 0 Å². The van der Waals surface area contributed by atoms with Gasteiger partial charge in [-0.05, 0) is 99.0 Å². The summed E-state index contributed by atoms with van der Waals surface area (Å²) in [6, 6.07) is 65.3. The summed E-state index contributed by atoms with van der Waals surface area (Å²) in [4.78, 5) is 9.69. The SMILES string of the molecule is CC(C)(C)c1cccc(N2C=CN(c3cc(Oc4ccc5c6ccc(C(C)(C)c7ccccc7)cc6n(-c6cc(C(C)(C)c7ccccc7)ccn6)c5c4)cc(-c4ccccc4)c3)C2)c1. The first-order valence-corrected chi connectivity index (χ1v) is 22.7. The van der Waals surface area contributed by atoms with Gasteiger partial charge in [-0.15, -0.1) is 0 Å². The number of rotatable bonds is 10. The second-order valence-corrected chi connectivity index (χ2v) is 19.5. The highest BCUT2D eigenvalue weighted by Crippen LogP contribution is 2.42. The third kappa shape index (κ3) is 7.97. The summed E-state index contributed by atoms with van der Waals surface area (Å²) in [6.45, 7) is 16.7. The first-order valence-electron chi connectivity index (χ1n) is 22.7. The van der Waals surface area contributed by atoms with E-state index in [0.717, 1.165) is 50.6 Å². The predicted octanol–water partition coefficient (Wildman–Crippen LogP) is 15.3. The molecule has 1 aliphatic rings. The highest BCUT2D eigenvalue weighted by Gasteiger charge is 2.27. The Morgan fingerprint density at radius 3 is 1.68 bits per heavy atom. The quantitative estimate of drug-likeness (QED) is 0.137. The average Bonchev–Trinajstić information content (AvgIpc) is 3.96. The van der Waals surface area contributed by atoms with Crippen LogP contribution in [0.25, 0.3) is 38.8 Å². The van der Waals surface area contributed by atoms with E-state index < -0.39 is 0 Å². The number of pyridine rings is 1. The van der Waals surface area contributed by atoms with Crippen LogP contribution in [0.4, 0.5) is 11.4 Å². The minimum absolute atomic E-state index is 0.0643. The second-order valence-electron chi connectivity index (χ2n) is 19.5. The van der Waals surface area contributed by atoms with E-state index in [9.17, 15) is 0 Å². The molecule has 2 aromatic heterocycles. The number of aromatic nitrogens is 2. The number of hydrogen-bond donors (Lipinski definition) is 0. The van der Waals surface area contributed by atoms with Crippen molar-refractivity contribution < 1.29 is 4.74 Å². The van der Waals surface area contributed by atoms with Crippen molar-refractivity contribution in [3.63, 3.8) is 0 Å². The number of fused-ring (bicyclic) bond motifs is 3. The molecule has 0 fully saturated rings.